The number of aliphatic hydroxyl groups is 1. The Morgan fingerprint density at radius 1 is 1.19 bits per heavy atom. The lowest BCUT2D eigenvalue weighted by atomic mass is 9.88. The Labute approximate surface area is 124 Å². The van der Waals surface area contributed by atoms with Crippen molar-refractivity contribution in [2.24, 2.45) is 0 Å². The van der Waals surface area contributed by atoms with Gasteiger partial charge in [0.15, 0.2) is 0 Å². The molecule has 2 nitrogen and oxygen atoms in total. The largest absolute Gasteiger partial charge is 0.491 e. The fourth-order valence-electron chi connectivity index (χ4n) is 3.02. The number of hydrogen-bond acceptors (Lipinski definition) is 2. The van der Waals surface area contributed by atoms with Gasteiger partial charge in [-0.1, -0.05) is 18.2 Å². The normalized spacial score (nSPS) is 20.6. The molecule has 0 radical (unpaired) electrons. The second kappa shape index (κ2) is 5.15. The molecule has 0 amide bonds. The highest BCUT2D eigenvalue weighted by molar-refractivity contribution is 5.47. The molecule has 0 aromatic heterocycles. The molecule has 1 aliphatic carbocycles. The maximum atomic E-state index is 13.3. The highest BCUT2D eigenvalue weighted by atomic mass is 19.1. The molecule has 1 unspecified atom stereocenters. The van der Waals surface area contributed by atoms with Gasteiger partial charge in [-0.2, -0.15) is 0 Å². The molecule has 1 aliphatic rings. The van der Waals surface area contributed by atoms with Crippen molar-refractivity contribution in [1.29, 1.82) is 0 Å². The van der Waals surface area contributed by atoms with Crippen molar-refractivity contribution < 1.29 is 14.2 Å². The van der Waals surface area contributed by atoms with Crippen LogP contribution in [0.2, 0.25) is 0 Å². The number of ether oxygens (including phenoxy) is 1. The Kier molecular flexibility index (Phi) is 3.46. The van der Waals surface area contributed by atoms with Crippen LogP contribution in [0.1, 0.15) is 37.0 Å². The Bertz CT molecular complexity index is 666. The summed E-state index contributed by atoms with van der Waals surface area (Å²) in [6, 6.07) is 12.1. The van der Waals surface area contributed by atoms with Crippen molar-refractivity contribution in [2.75, 3.05) is 0 Å². The molecule has 0 saturated carbocycles. The third kappa shape index (κ3) is 2.54. The van der Waals surface area contributed by atoms with Crippen LogP contribution in [-0.2, 0) is 12.0 Å². The van der Waals surface area contributed by atoms with E-state index in [1.165, 1.54) is 12.1 Å². The van der Waals surface area contributed by atoms with E-state index in [4.69, 9.17) is 4.74 Å². The molecule has 0 spiro atoms. The zero-order chi connectivity index (χ0) is 15.0. The van der Waals surface area contributed by atoms with Gasteiger partial charge >= 0.3 is 0 Å². The first-order valence-corrected chi connectivity index (χ1v) is 7.27. The van der Waals surface area contributed by atoms with Crippen LogP contribution in [0.15, 0.2) is 42.5 Å². The van der Waals surface area contributed by atoms with Gasteiger partial charge < -0.3 is 9.84 Å². The molecular formula is C18H19FO2. The minimum absolute atomic E-state index is 0.0832. The van der Waals surface area contributed by atoms with Crippen LogP contribution < -0.4 is 4.74 Å². The maximum absolute atomic E-state index is 13.3. The van der Waals surface area contributed by atoms with E-state index in [2.05, 4.69) is 0 Å². The van der Waals surface area contributed by atoms with E-state index in [0.717, 1.165) is 22.4 Å². The van der Waals surface area contributed by atoms with Crippen LogP contribution >= 0.6 is 0 Å². The molecule has 0 aliphatic heterocycles. The Morgan fingerprint density at radius 2 is 2.00 bits per heavy atom. The lowest BCUT2D eigenvalue weighted by Gasteiger charge is -2.25. The fourth-order valence-corrected chi connectivity index (χ4v) is 3.02. The molecule has 1 atom stereocenters. The van der Waals surface area contributed by atoms with Crippen LogP contribution in [0.5, 0.6) is 5.75 Å². The van der Waals surface area contributed by atoms with Gasteiger partial charge in [0.05, 0.1) is 6.10 Å². The molecule has 0 fully saturated rings. The molecule has 110 valence electrons. The van der Waals surface area contributed by atoms with E-state index < -0.39 is 5.60 Å². The number of benzene rings is 2. The first-order valence-electron chi connectivity index (χ1n) is 7.27. The number of halogens is 1. The summed E-state index contributed by atoms with van der Waals surface area (Å²) in [6.45, 7) is 3.93. The van der Waals surface area contributed by atoms with Crippen molar-refractivity contribution in [3.8, 4) is 5.75 Å². The molecular weight excluding hydrogens is 267 g/mol. The van der Waals surface area contributed by atoms with Crippen molar-refractivity contribution in [3.63, 3.8) is 0 Å². The Balaban J connectivity index is 2.01. The summed E-state index contributed by atoms with van der Waals surface area (Å²) in [5.74, 6) is 0.487. The minimum atomic E-state index is -1.06. The van der Waals surface area contributed by atoms with E-state index in [-0.39, 0.29) is 11.9 Å². The first kappa shape index (κ1) is 14.1. The summed E-state index contributed by atoms with van der Waals surface area (Å²) >= 11 is 0. The van der Waals surface area contributed by atoms with Gasteiger partial charge in [-0.3, -0.25) is 0 Å². The van der Waals surface area contributed by atoms with Crippen LogP contribution in [0.4, 0.5) is 4.39 Å². The van der Waals surface area contributed by atoms with Gasteiger partial charge in [-0.05, 0) is 67.6 Å². The number of fused-ring (bicyclic) bond motifs is 1. The predicted molar refractivity (Wildman–Crippen MR) is 79.9 cm³/mol. The number of hydrogen-bond donors (Lipinski definition) is 1. The highest BCUT2D eigenvalue weighted by Gasteiger charge is 2.38. The molecule has 0 heterocycles. The summed E-state index contributed by atoms with van der Waals surface area (Å²) in [5, 5.41) is 11.1. The third-order valence-electron chi connectivity index (χ3n) is 3.95. The smallest absolute Gasteiger partial charge is 0.123 e. The lowest BCUT2D eigenvalue weighted by Crippen LogP contribution is -2.24. The van der Waals surface area contributed by atoms with E-state index in [1.54, 1.807) is 6.07 Å². The molecule has 1 N–H and O–H groups in total. The average molecular weight is 286 g/mol. The number of rotatable bonds is 3. The van der Waals surface area contributed by atoms with Gasteiger partial charge in [-0.15, -0.1) is 0 Å². The van der Waals surface area contributed by atoms with Crippen molar-refractivity contribution in [1.82, 2.24) is 0 Å². The highest BCUT2D eigenvalue weighted by Crippen LogP contribution is 2.42. The molecule has 21 heavy (non-hydrogen) atoms. The minimum Gasteiger partial charge on any atom is -0.491 e. The Hall–Kier alpha value is -1.87. The van der Waals surface area contributed by atoms with Gasteiger partial charge in [0.1, 0.15) is 17.2 Å². The maximum Gasteiger partial charge on any atom is 0.123 e. The average Bonchev–Trinajstić information content (AvgIpc) is 2.76. The zero-order valence-corrected chi connectivity index (χ0v) is 12.3. The molecule has 0 saturated heterocycles. The third-order valence-corrected chi connectivity index (χ3v) is 3.95. The summed E-state index contributed by atoms with van der Waals surface area (Å²) in [4.78, 5) is 0. The molecule has 2 aromatic rings. The van der Waals surface area contributed by atoms with E-state index in [9.17, 15) is 9.50 Å². The summed E-state index contributed by atoms with van der Waals surface area (Å²) < 4.78 is 19.0. The SMILES string of the molecule is CC(C)Oc1cccc(C2(O)CCc3cc(F)ccc32)c1. The van der Waals surface area contributed by atoms with Gasteiger partial charge in [0.25, 0.3) is 0 Å². The first-order chi connectivity index (χ1) is 9.99. The summed E-state index contributed by atoms with van der Waals surface area (Å²) in [5.41, 5.74) is 1.42. The molecule has 3 rings (SSSR count). The summed E-state index contributed by atoms with van der Waals surface area (Å²) in [7, 11) is 0. The summed E-state index contributed by atoms with van der Waals surface area (Å²) in [6.07, 6.45) is 1.33. The fraction of sp³-hybridized carbons (Fsp3) is 0.333. The monoisotopic (exact) mass is 286 g/mol. The van der Waals surface area contributed by atoms with E-state index in [1.807, 2.05) is 38.1 Å². The van der Waals surface area contributed by atoms with E-state index >= 15 is 0 Å². The number of aryl methyl sites for hydroxylation is 1. The van der Waals surface area contributed by atoms with Gasteiger partial charge in [-0.25, -0.2) is 4.39 Å². The van der Waals surface area contributed by atoms with E-state index in [0.29, 0.717) is 12.8 Å². The van der Waals surface area contributed by atoms with Crippen molar-refractivity contribution >= 4 is 0 Å². The predicted octanol–water partition coefficient (Wildman–Crippen LogP) is 3.80. The van der Waals surface area contributed by atoms with Crippen LogP contribution in [0.25, 0.3) is 0 Å². The Morgan fingerprint density at radius 3 is 2.76 bits per heavy atom. The zero-order valence-electron chi connectivity index (χ0n) is 12.3. The van der Waals surface area contributed by atoms with Gasteiger partial charge in [0.2, 0.25) is 0 Å². The molecule has 2 aromatic carbocycles. The van der Waals surface area contributed by atoms with Crippen molar-refractivity contribution in [3.05, 3.63) is 65.0 Å². The molecule has 0 bridgehead atoms. The lowest BCUT2D eigenvalue weighted by molar-refractivity contribution is 0.0824. The van der Waals surface area contributed by atoms with Crippen molar-refractivity contribution in [2.45, 2.75) is 38.4 Å². The quantitative estimate of drug-likeness (QED) is 0.930. The molecule has 3 heteroatoms. The second-order valence-corrected chi connectivity index (χ2v) is 5.86. The standard InChI is InChI=1S/C18H19FO2/c1-12(2)21-16-5-3-4-14(11-16)18(20)9-8-13-10-15(19)6-7-17(13)18/h3-7,10-12,20H,8-9H2,1-2H3. The van der Waals surface area contributed by atoms with Crippen LogP contribution in [-0.4, -0.2) is 11.2 Å². The van der Waals surface area contributed by atoms with Gasteiger partial charge in [0, 0.05) is 0 Å². The topological polar surface area (TPSA) is 29.5 Å². The second-order valence-electron chi connectivity index (χ2n) is 5.86. The van der Waals surface area contributed by atoms with Crippen LogP contribution in [0.3, 0.4) is 0 Å². The van der Waals surface area contributed by atoms with Crippen LogP contribution in [0, 0.1) is 5.82 Å².